The van der Waals surface area contributed by atoms with Crippen molar-refractivity contribution in [3.8, 4) is 0 Å². The molecule has 15 heteroatoms. The normalized spacial score (nSPS) is 17.9. The van der Waals surface area contributed by atoms with Crippen LogP contribution in [0.25, 0.3) is 0 Å². The number of carbonyl (C=O) groups is 4. The first-order valence-corrected chi connectivity index (χ1v) is 11.3. The molecule has 0 aromatic carbocycles. The van der Waals surface area contributed by atoms with E-state index in [1.807, 2.05) is 4.90 Å². The number of hydrogen-bond donors (Lipinski definition) is 5. The summed E-state index contributed by atoms with van der Waals surface area (Å²) in [7, 11) is 0. The van der Waals surface area contributed by atoms with Gasteiger partial charge in [-0.2, -0.15) is 0 Å². The smallest absolute Gasteiger partial charge is 0.317 e. The number of rotatable bonds is 14. The van der Waals surface area contributed by atoms with Crippen LogP contribution in [0.5, 0.6) is 0 Å². The summed E-state index contributed by atoms with van der Waals surface area (Å²) in [6.07, 6.45) is 0. The molecule has 1 aliphatic heterocycles. The maximum absolute atomic E-state index is 12.4. The Morgan fingerprint density at radius 3 is 1.31 bits per heavy atom. The lowest BCUT2D eigenvalue weighted by Crippen LogP contribution is -2.50. The maximum Gasteiger partial charge on any atom is 0.317 e. The highest BCUT2D eigenvalue weighted by Crippen LogP contribution is 2.01. The molecule has 0 bridgehead atoms. The second-order valence-electron chi connectivity index (χ2n) is 8.08. The number of amides is 1. The van der Waals surface area contributed by atoms with Crippen molar-refractivity contribution in [2.75, 3.05) is 105 Å². The van der Waals surface area contributed by atoms with Gasteiger partial charge in [0, 0.05) is 58.9 Å². The Hall–Kier alpha value is -2.40. The summed E-state index contributed by atoms with van der Waals surface area (Å²) in [4.78, 5) is 57.0. The molecule has 1 heterocycles. The molecule has 1 fully saturated rings. The van der Waals surface area contributed by atoms with E-state index >= 15 is 0 Å². The molecule has 0 saturated carbocycles. The predicted molar refractivity (Wildman–Crippen MR) is 121 cm³/mol. The number of aliphatic carboxylic acids is 3. The van der Waals surface area contributed by atoms with Crippen LogP contribution in [-0.4, -0.2) is 169 Å². The fourth-order valence-corrected chi connectivity index (χ4v) is 3.50. The Bertz CT molecular complexity index is 636. The Kier molecular flexibility index (Phi) is 15.7. The molecule has 1 rings (SSSR count). The van der Waals surface area contributed by atoms with Gasteiger partial charge in [0.1, 0.15) is 6.61 Å². The lowest BCUT2D eigenvalue weighted by molar-refractivity contribution is -0.249. The van der Waals surface area contributed by atoms with E-state index in [0.29, 0.717) is 52.4 Å². The molecule has 0 spiro atoms. The van der Waals surface area contributed by atoms with E-state index in [1.165, 1.54) is 0 Å². The Balaban J connectivity index is 2.79. The van der Waals surface area contributed by atoms with Gasteiger partial charge in [0.2, 0.25) is 5.91 Å². The Labute approximate surface area is 203 Å². The number of hydrogen-bond acceptors (Lipinski definition) is 11. The van der Waals surface area contributed by atoms with E-state index in [0.717, 1.165) is 0 Å². The molecule has 35 heavy (non-hydrogen) atoms. The topological polar surface area (TPSA) is 193 Å². The van der Waals surface area contributed by atoms with Crippen molar-refractivity contribution in [3.05, 3.63) is 0 Å². The molecule has 0 radical (unpaired) electrons. The zero-order valence-corrected chi connectivity index (χ0v) is 19.8. The van der Waals surface area contributed by atoms with Gasteiger partial charge >= 0.3 is 17.9 Å². The summed E-state index contributed by atoms with van der Waals surface area (Å²) in [6.45, 7) is 2.71. The van der Waals surface area contributed by atoms with Crippen LogP contribution in [0.15, 0.2) is 0 Å². The highest BCUT2D eigenvalue weighted by Gasteiger charge is 2.21. The van der Waals surface area contributed by atoms with Gasteiger partial charge in [-0.15, -0.1) is 0 Å². The van der Waals surface area contributed by atoms with Gasteiger partial charge in [-0.05, 0) is 0 Å². The van der Waals surface area contributed by atoms with Crippen molar-refractivity contribution >= 4 is 23.8 Å². The minimum atomic E-state index is -1.02. The standard InChI is InChI=1S/C20H37N5O10/c26-17(21-1-10-34-11-12-35-33)13-22-2-4-23(14-18(27)28)6-8-25(16-20(31)32)9-7-24(5-3-22)15-19(29)30/h33H,1-16H2,(H,21,26)(H,27,28)(H,29,30)(H,31,32). The number of ether oxygens (including phenoxy) is 1. The third kappa shape index (κ3) is 16.0. The zero-order valence-electron chi connectivity index (χ0n) is 19.8. The molecule has 1 aliphatic rings. The van der Waals surface area contributed by atoms with E-state index in [9.17, 15) is 34.5 Å². The summed E-state index contributed by atoms with van der Waals surface area (Å²) in [5.74, 6) is -3.30. The van der Waals surface area contributed by atoms with Gasteiger partial charge in [-0.3, -0.25) is 44.0 Å². The summed E-state index contributed by atoms with van der Waals surface area (Å²) < 4.78 is 5.16. The van der Waals surface area contributed by atoms with Crippen LogP contribution in [0, 0.1) is 0 Å². The van der Waals surface area contributed by atoms with E-state index in [4.69, 9.17) is 9.99 Å². The largest absolute Gasteiger partial charge is 0.480 e. The average Bonchev–Trinajstić information content (AvgIpc) is 2.77. The molecule has 1 saturated heterocycles. The van der Waals surface area contributed by atoms with E-state index < -0.39 is 17.9 Å². The molecule has 15 nitrogen and oxygen atoms in total. The molecule has 0 aromatic heterocycles. The van der Waals surface area contributed by atoms with Crippen molar-refractivity contribution in [2.45, 2.75) is 0 Å². The third-order valence-electron chi connectivity index (χ3n) is 5.26. The Morgan fingerprint density at radius 1 is 0.600 bits per heavy atom. The van der Waals surface area contributed by atoms with Crippen molar-refractivity contribution in [3.63, 3.8) is 0 Å². The summed E-state index contributed by atoms with van der Waals surface area (Å²) >= 11 is 0. The van der Waals surface area contributed by atoms with Crippen LogP contribution in [0.1, 0.15) is 0 Å². The highest BCUT2D eigenvalue weighted by atomic mass is 17.1. The maximum atomic E-state index is 12.4. The number of carboxylic acid groups (broad SMARTS) is 3. The first-order valence-electron chi connectivity index (χ1n) is 11.3. The third-order valence-corrected chi connectivity index (χ3v) is 5.26. The monoisotopic (exact) mass is 507 g/mol. The fourth-order valence-electron chi connectivity index (χ4n) is 3.50. The number of nitrogens with one attached hydrogen (secondary N) is 1. The van der Waals surface area contributed by atoms with Crippen LogP contribution in [0.4, 0.5) is 0 Å². The first kappa shape index (κ1) is 30.6. The number of nitrogens with zero attached hydrogens (tertiary/aromatic N) is 4. The van der Waals surface area contributed by atoms with Gasteiger partial charge in [-0.25, -0.2) is 4.89 Å². The molecule has 0 aromatic rings. The summed E-state index contributed by atoms with van der Waals surface area (Å²) in [5.41, 5.74) is 0. The lowest BCUT2D eigenvalue weighted by Gasteiger charge is -2.32. The number of carboxylic acids is 3. The second kappa shape index (κ2) is 18.0. The quantitative estimate of drug-likeness (QED) is 0.0912. The predicted octanol–water partition coefficient (Wildman–Crippen LogP) is -2.92. The number of carbonyl (C=O) groups excluding carboxylic acids is 1. The van der Waals surface area contributed by atoms with E-state index in [1.54, 1.807) is 14.7 Å². The van der Waals surface area contributed by atoms with E-state index in [2.05, 4.69) is 10.2 Å². The van der Waals surface area contributed by atoms with Crippen LogP contribution in [0.3, 0.4) is 0 Å². The van der Waals surface area contributed by atoms with Gasteiger partial charge in [0.15, 0.2) is 0 Å². The van der Waals surface area contributed by atoms with Crippen molar-refractivity contribution in [1.82, 2.24) is 24.9 Å². The van der Waals surface area contributed by atoms with Crippen molar-refractivity contribution in [1.29, 1.82) is 0 Å². The van der Waals surface area contributed by atoms with E-state index in [-0.39, 0.29) is 58.5 Å². The van der Waals surface area contributed by atoms with Gasteiger partial charge < -0.3 is 25.4 Å². The molecule has 0 unspecified atom stereocenters. The average molecular weight is 508 g/mol. The molecular formula is C20H37N5O10. The molecule has 0 atom stereocenters. The minimum Gasteiger partial charge on any atom is -0.480 e. The SMILES string of the molecule is O=C(O)CN1CCN(CC(=O)O)CCN(CC(=O)NCCOCCOO)CCN(CC(=O)O)CC1. The fraction of sp³-hybridized carbons (Fsp3) is 0.800. The van der Waals surface area contributed by atoms with Crippen LogP contribution < -0.4 is 5.32 Å². The van der Waals surface area contributed by atoms with Crippen LogP contribution in [0.2, 0.25) is 0 Å². The first-order chi connectivity index (χ1) is 16.7. The van der Waals surface area contributed by atoms with Gasteiger partial charge in [-0.1, -0.05) is 0 Å². The summed E-state index contributed by atoms with van der Waals surface area (Å²) in [6, 6.07) is 0. The lowest BCUT2D eigenvalue weighted by atomic mass is 10.3. The van der Waals surface area contributed by atoms with Gasteiger partial charge in [0.25, 0.3) is 0 Å². The minimum absolute atomic E-state index is 0.0233. The molecule has 5 N–H and O–H groups in total. The van der Waals surface area contributed by atoms with Crippen molar-refractivity contribution < 1.29 is 49.4 Å². The van der Waals surface area contributed by atoms with Crippen molar-refractivity contribution in [2.24, 2.45) is 0 Å². The molecule has 202 valence electrons. The molecular weight excluding hydrogens is 470 g/mol. The van der Waals surface area contributed by atoms with Crippen LogP contribution >= 0.6 is 0 Å². The summed E-state index contributed by atoms with van der Waals surface area (Å²) in [5, 5.41) is 38.6. The van der Waals surface area contributed by atoms with Gasteiger partial charge in [0.05, 0.1) is 39.4 Å². The highest BCUT2D eigenvalue weighted by molar-refractivity contribution is 5.78. The second-order valence-corrected chi connectivity index (χ2v) is 8.08. The van der Waals surface area contributed by atoms with Crippen LogP contribution in [-0.2, 0) is 28.8 Å². The zero-order chi connectivity index (χ0) is 26.1. The molecule has 0 aliphatic carbocycles. The Morgan fingerprint density at radius 2 is 0.971 bits per heavy atom. The molecule has 1 amide bonds.